The van der Waals surface area contributed by atoms with Gasteiger partial charge in [0.15, 0.2) is 0 Å². The van der Waals surface area contributed by atoms with Crippen molar-refractivity contribution in [1.82, 2.24) is 4.72 Å². The van der Waals surface area contributed by atoms with Gasteiger partial charge in [0, 0.05) is 18.2 Å². The van der Waals surface area contributed by atoms with Crippen LogP contribution in [0.5, 0.6) is 0 Å². The molecule has 0 bridgehead atoms. The van der Waals surface area contributed by atoms with Gasteiger partial charge in [0.25, 0.3) is 0 Å². The van der Waals surface area contributed by atoms with Crippen molar-refractivity contribution in [2.75, 3.05) is 6.54 Å². The Morgan fingerprint density at radius 2 is 1.95 bits per heavy atom. The third-order valence-electron chi connectivity index (χ3n) is 2.87. The van der Waals surface area contributed by atoms with E-state index in [1.165, 1.54) is 25.1 Å². The number of rotatable bonds is 6. The first-order valence-electron chi connectivity index (χ1n) is 6.25. The molecule has 1 aromatic carbocycles. The minimum Gasteiger partial charge on any atom is -0.329 e. The van der Waals surface area contributed by atoms with E-state index in [2.05, 4.69) is 4.72 Å². The topological polar surface area (TPSA) is 72.2 Å². The van der Waals surface area contributed by atoms with E-state index in [1.54, 1.807) is 0 Å². The average Bonchev–Trinajstić information content (AvgIpc) is 2.30. The van der Waals surface area contributed by atoms with Crippen molar-refractivity contribution < 1.29 is 12.8 Å². The zero-order valence-corrected chi connectivity index (χ0v) is 13.5. The number of halogens is 2. The van der Waals surface area contributed by atoms with Gasteiger partial charge >= 0.3 is 0 Å². The van der Waals surface area contributed by atoms with Crippen LogP contribution in [-0.2, 0) is 10.0 Å². The molecular formula is C13H22ClFN2O2S. The molecule has 20 heavy (non-hydrogen) atoms. The van der Waals surface area contributed by atoms with Crippen molar-refractivity contribution in [2.24, 2.45) is 11.7 Å². The number of benzene rings is 1. The number of sulfonamides is 1. The Balaban J connectivity index is 0.00000361. The van der Waals surface area contributed by atoms with Crippen LogP contribution in [0.2, 0.25) is 0 Å². The van der Waals surface area contributed by atoms with Crippen molar-refractivity contribution in [2.45, 2.75) is 38.1 Å². The van der Waals surface area contributed by atoms with Crippen molar-refractivity contribution >= 4 is 22.4 Å². The minimum atomic E-state index is -3.74. The number of hydrogen-bond donors (Lipinski definition) is 2. The fourth-order valence-electron chi connectivity index (χ4n) is 1.92. The van der Waals surface area contributed by atoms with Gasteiger partial charge < -0.3 is 5.73 Å². The highest BCUT2D eigenvalue weighted by molar-refractivity contribution is 7.89. The molecule has 0 radical (unpaired) electrons. The second-order valence-electron chi connectivity index (χ2n) is 5.05. The van der Waals surface area contributed by atoms with Gasteiger partial charge in [-0.2, -0.15) is 0 Å². The highest BCUT2D eigenvalue weighted by Crippen LogP contribution is 2.18. The Kier molecular flexibility index (Phi) is 7.65. The predicted octanol–water partition coefficient (Wildman–Crippen LogP) is 2.21. The van der Waals surface area contributed by atoms with Crippen LogP contribution in [0.25, 0.3) is 0 Å². The molecule has 3 N–H and O–H groups in total. The van der Waals surface area contributed by atoms with Gasteiger partial charge in [-0.15, -0.1) is 12.4 Å². The first-order chi connectivity index (χ1) is 8.77. The quantitative estimate of drug-likeness (QED) is 0.842. The number of hydrogen-bond acceptors (Lipinski definition) is 3. The van der Waals surface area contributed by atoms with Crippen LogP contribution in [-0.4, -0.2) is 21.0 Å². The molecule has 0 heterocycles. The SMILES string of the molecule is Cc1c(F)cccc1S(=O)(=O)NC(CN)CC(C)C.Cl. The second-order valence-corrected chi connectivity index (χ2v) is 6.73. The first kappa shape index (κ1) is 19.3. The molecule has 1 unspecified atom stereocenters. The van der Waals surface area contributed by atoms with Gasteiger partial charge in [0.1, 0.15) is 5.82 Å². The molecule has 1 aromatic rings. The van der Waals surface area contributed by atoms with E-state index < -0.39 is 15.8 Å². The molecule has 0 aliphatic rings. The number of nitrogens with two attached hydrogens (primary N) is 1. The minimum absolute atomic E-state index is 0. The third-order valence-corrected chi connectivity index (χ3v) is 4.53. The second kappa shape index (κ2) is 7.93. The van der Waals surface area contributed by atoms with Crippen LogP contribution in [0, 0.1) is 18.7 Å². The van der Waals surface area contributed by atoms with Gasteiger partial charge in [-0.3, -0.25) is 0 Å². The zero-order chi connectivity index (χ0) is 14.6. The van der Waals surface area contributed by atoms with Crippen molar-refractivity contribution in [1.29, 1.82) is 0 Å². The lowest BCUT2D eigenvalue weighted by Gasteiger charge is -2.19. The van der Waals surface area contributed by atoms with Gasteiger partial charge in [0.05, 0.1) is 4.90 Å². The molecule has 1 atom stereocenters. The molecule has 1 rings (SSSR count). The van der Waals surface area contributed by atoms with Crippen LogP contribution in [0.4, 0.5) is 4.39 Å². The van der Waals surface area contributed by atoms with E-state index in [1.807, 2.05) is 13.8 Å². The van der Waals surface area contributed by atoms with E-state index in [0.29, 0.717) is 12.3 Å². The summed E-state index contributed by atoms with van der Waals surface area (Å²) in [5, 5.41) is 0. The average molecular weight is 325 g/mol. The van der Waals surface area contributed by atoms with Crippen LogP contribution < -0.4 is 10.5 Å². The van der Waals surface area contributed by atoms with Gasteiger partial charge in [-0.05, 0) is 31.4 Å². The van der Waals surface area contributed by atoms with E-state index in [4.69, 9.17) is 5.73 Å². The molecule has 0 fully saturated rings. The molecule has 0 saturated carbocycles. The summed E-state index contributed by atoms with van der Waals surface area (Å²) in [7, 11) is -3.74. The van der Waals surface area contributed by atoms with Crippen molar-refractivity contribution in [3.05, 3.63) is 29.6 Å². The summed E-state index contributed by atoms with van der Waals surface area (Å²) in [6.07, 6.45) is 0.643. The molecule has 0 aromatic heterocycles. The summed E-state index contributed by atoms with van der Waals surface area (Å²) < 4.78 is 40.4. The summed E-state index contributed by atoms with van der Waals surface area (Å²) in [4.78, 5) is -0.0327. The standard InChI is InChI=1S/C13H21FN2O2S.ClH/c1-9(2)7-11(8-15)16-19(17,18)13-6-4-5-12(14)10(13)3;/h4-6,9,11,16H,7-8,15H2,1-3H3;1H. The van der Waals surface area contributed by atoms with Crippen LogP contribution in [0.3, 0.4) is 0 Å². The largest absolute Gasteiger partial charge is 0.329 e. The lowest BCUT2D eigenvalue weighted by Crippen LogP contribution is -2.41. The molecule has 0 spiro atoms. The van der Waals surface area contributed by atoms with Gasteiger partial charge in [-0.25, -0.2) is 17.5 Å². The molecule has 0 aliphatic carbocycles. The molecule has 4 nitrogen and oxygen atoms in total. The predicted molar refractivity (Wildman–Crippen MR) is 81.0 cm³/mol. The highest BCUT2D eigenvalue weighted by atomic mass is 35.5. The zero-order valence-electron chi connectivity index (χ0n) is 11.9. The molecular weight excluding hydrogens is 303 g/mol. The van der Waals surface area contributed by atoms with Crippen LogP contribution >= 0.6 is 12.4 Å². The molecule has 0 amide bonds. The Morgan fingerprint density at radius 1 is 1.35 bits per heavy atom. The highest BCUT2D eigenvalue weighted by Gasteiger charge is 2.22. The Labute approximate surface area is 126 Å². The van der Waals surface area contributed by atoms with E-state index >= 15 is 0 Å². The summed E-state index contributed by atoms with van der Waals surface area (Å²) in [5.74, 6) is -0.208. The monoisotopic (exact) mass is 324 g/mol. The van der Waals surface area contributed by atoms with Gasteiger partial charge in [-0.1, -0.05) is 19.9 Å². The van der Waals surface area contributed by atoms with E-state index in [9.17, 15) is 12.8 Å². The summed E-state index contributed by atoms with van der Waals surface area (Å²) in [6, 6.07) is 3.68. The van der Waals surface area contributed by atoms with Crippen LogP contribution in [0.15, 0.2) is 23.1 Å². The fraction of sp³-hybridized carbons (Fsp3) is 0.538. The Hall–Kier alpha value is -0.690. The molecule has 0 saturated heterocycles. The van der Waals surface area contributed by atoms with Crippen LogP contribution in [0.1, 0.15) is 25.8 Å². The molecule has 7 heteroatoms. The maximum atomic E-state index is 13.4. The van der Waals surface area contributed by atoms with Crippen molar-refractivity contribution in [3.8, 4) is 0 Å². The maximum absolute atomic E-state index is 13.4. The van der Waals surface area contributed by atoms with E-state index in [-0.39, 0.29) is 35.5 Å². The summed E-state index contributed by atoms with van der Waals surface area (Å²) in [6.45, 7) is 5.64. The van der Waals surface area contributed by atoms with E-state index in [0.717, 1.165) is 0 Å². The maximum Gasteiger partial charge on any atom is 0.241 e. The first-order valence-corrected chi connectivity index (χ1v) is 7.73. The normalized spacial score (nSPS) is 13.1. The molecule has 0 aliphatic heterocycles. The number of nitrogens with one attached hydrogen (secondary N) is 1. The Morgan fingerprint density at radius 3 is 2.45 bits per heavy atom. The van der Waals surface area contributed by atoms with Gasteiger partial charge in [0.2, 0.25) is 10.0 Å². The third kappa shape index (κ3) is 5.01. The smallest absolute Gasteiger partial charge is 0.241 e. The lowest BCUT2D eigenvalue weighted by atomic mass is 10.1. The molecule has 116 valence electrons. The lowest BCUT2D eigenvalue weighted by molar-refractivity contribution is 0.464. The fourth-order valence-corrected chi connectivity index (χ4v) is 3.44. The summed E-state index contributed by atoms with van der Waals surface area (Å²) >= 11 is 0. The summed E-state index contributed by atoms with van der Waals surface area (Å²) in [5.41, 5.74) is 5.69. The van der Waals surface area contributed by atoms with Crippen molar-refractivity contribution in [3.63, 3.8) is 0 Å². The Bertz CT molecular complexity index is 535.